The van der Waals surface area contributed by atoms with Gasteiger partial charge in [0, 0.05) is 43.1 Å². The molecule has 5 rings (SSSR count). The van der Waals surface area contributed by atoms with Gasteiger partial charge < -0.3 is 20.7 Å². The molecule has 41 heavy (non-hydrogen) atoms. The number of imidazole rings is 1. The van der Waals surface area contributed by atoms with E-state index in [0.29, 0.717) is 23.5 Å². The average Bonchev–Trinajstić information content (AvgIpc) is 3.40. The topological polar surface area (TPSA) is 101 Å². The zero-order valence-corrected chi connectivity index (χ0v) is 22.1. The molecule has 1 aliphatic rings. The minimum Gasteiger partial charge on any atom is -0.379 e. The molecule has 12 heteroatoms. The second-order valence-electron chi connectivity index (χ2n) is 9.58. The van der Waals surface area contributed by atoms with Crippen LogP contribution in [0.2, 0.25) is 0 Å². The molecule has 0 radical (unpaired) electrons. The van der Waals surface area contributed by atoms with Crippen LogP contribution in [0.15, 0.2) is 73.1 Å². The smallest absolute Gasteiger partial charge is 0.379 e. The maximum atomic E-state index is 12.6. The summed E-state index contributed by atoms with van der Waals surface area (Å²) in [6.07, 6.45) is -2.85. The Morgan fingerprint density at radius 2 is 1.68 bits per heavy atom. The van der Waals surface area contributed by atoms with E-state index in [0.717, 1.165) is 55.0 Å². The maximum absolute atomic E-state index is 12.6. The van der Waals surface area contributed by atoms with Crippen LogP contribution in [0.5, 0.6) is 0 Å². The summed E-state index contributed by atoms with van der Waals surface area (Å²) in [7, 11) is 0. The number of urea groups is 1. The summed E-state index contributed by atoms with van der Waals surface area (Å²) in [6, 6.07) is 19.0. The van der Waals surface area contributed by atoms with E-state index >= 15 is 0 Å². The fourth-order valence-electron chi connectivity index (χ4n) is 4.56. The van der Waals surface area contributed by atoms with E-state index in [4.69, 9.17) is 4.74 Å². The lowest BCUT2D eigenvalue weighted by Gasteiger charge is -2.26. The van der Waals surface area contributed by atoms with E-state index in [1.54, 1.807) is 48.0 Å². The van der Waals surface area contributed by atoms with Crippen LogP contribution in [0.4, 0.5) is 23.7 Å². The van der Waals surface area contributed by atoms with Gasteiger partial charge in [-0.2, -0.15) is 13.2 Å². The Balaban J connectivity index is 1.23. The Bertz CT molecular complexity index is 1510. The van der Waals surface area contributed by atoms with Gasteiger partial charge in [0.25, 0.3) is 5.91 Å². The Kier molecular flexibility index (Phi) is 8.50. The molecule has 1 saturated heterocycles. The Morgan fingerprint density at radius 3 is 2.44 bits per heavy atom. The largest absolute Gasteiger partial charge is 0.405 e. The number of alkyl halides is 3. The number of carbonyl (C=O) groups excluding carboxylic acids is 2. The maximum Gasteiger partial charge on any atom is 0.405 e. The van der Waals surface area contributed by atoms with Crippen molar-refractivity contribution in [2.45, 2.75) is 6.18 Å². The number of ether oxygens (including phenoxy) is 1. The highest BCUT2D eigenvalue weighted by atomic mass is 19.4. The second-order valence-corrected chi connectivity index (χ2v) is 9.58. The first-order valence-electron chi connectivity index (χ1n) is 13.1. The molecule has 0 atom stereocenters. The van der Waals surface area contributed by atoms with Gasteiger partial charge in [0.2, 0.25) is 0 Å². The third kappa shape index (κ3) is 7.41. The van der Waals surface area contributed by atoms with Crippen LogP contribution >= 0.6 is 0 Å². The number of hydrogen-bond acceptors (Lipinski definition) is 5. The van der Waals surface area contributed by atoms with Crippen LogP contribution in [0.1, 0.15) is 10.4 Å². The molecular formula is C29H29F3N6O3. The van der Waals surface area contributed by atoms with Crippen molar-refractivity contribution in [1.29, 1.82) is 0 Å². The van der Waals surface area contributed by atoms with Crippen LogP contribution in [0.25, 0.3) is 27.8 Å². The number of halogens is 3. The Morgan fingerprint density at radius 1 is 0.927 bits per heavy atom. The quantitative estimate of drug-likeness (QED) is 0.293. The molecule has 0 saturated carbocycles. The number of anilines is 1. The number of rotatable bonds is 8. The summed E-state index contributed by atoms with van der Waals surface area (Å²) >= 11 is 0. The normalized spacial score (nSPS) is 14.1. The number of carbonyl (C=O) groups is 2. The molecule has 3 amide bonds. The highest BCUT2D eigenvalue weighted by molar-refractivity contribution is 5.95. The molecule has 2 heterocycles. The van der Waals surface area contributed by atoms with E-state index in [2.05, 4.69) is 20.5 Å². The predicted molar refractivity (Wildman–Crippen MR) is 149 cm³/mol. The zero-order chi connectivity index (χ0) is 28.8. The van der Waals surface area contributed by atoms with Crippen molar-refractivity contribution < 1.29 is 27.5 Å². The van der Waals surface area contributed by atoms with Crippen LogP contribution in [0.3, 0.4) is 0 Å². The second kappa shape index (κ2) is 12.4. The van der Waals surface area contributed by atoms with Crippen LogP contribution < -0.4 is 16.0 Å². The lowest BCUT2D eigenvalue weighted by Crippen LogP contribution is -2.41. The number of nitrogens with zero attached hydrogens (tertiary/aromatic N) is 3. The highest BCUT2D eigenvalue weighted by Crippen LogP contribution is 2.27. The SMILES string of the molecule is O=C(NCC(F)(F)F)Nc1cccc(-n2cnc3cc(-c4ccc(C(=O)NCCN5CCOCC5)cc4)ccc32)c1. The molecular weight excluding hydrogens is 537 g/mol. The molecule has 3 N–H and O–H groups in total. The molecule has 0 unspecified atom stereocenters. The van der Waals surface area contributed by atoms with Gasteiger partial charge in [-0.3, -0.25) is 14.3 Å². The van der Waals surface area contributed by atoms with Gasteiger partial charge in [-0.1, -0.05) is 24.3 Å². The molecule has 1 aliphatic heterocycles. The first-order chi connectivity index (χ1) is 19.7. The first-order valence-corrected chi connectivity index (χ1v) is 13.1. The summed E-state index contributed by atoms with van der Waals surface area (Å²) < 4.78 is 44.3. The molecule has 0 aliphatic carbocycles. The summed E-state index contributed by atoms with van der Waals surface area (Å²) in [5.74, 6) is -0.117. The summed E-state index contributed by atoms with van der Waals surface area (Å²) in [5.41, 5.74) is 5.00. The third-order valence-electron chi connectivity index (χ3n) is 6.68. The van der Waals surface area contributed by atoms with Crippen molar-refractivity contribution in [3.63, 3.8) is 0 Å². The van der Waals surface area contributed by atoms with E-state index < -0.39 is 18.8 Å². The zero-order valence-electron chi connectivity index (χ0n) is 22.1. The minimum absolute atomic E-state index is 0.117. The predicted octanol–water partition coefficient (Wildman–Crippen LogP) is 4.44. The van der Waals surface area contributed by atoms with Crippen molar-refractivity contribution in [3.05, 3.63) is 78.6 Å². The van der Waals surface area contributed by atoms with Crippen molar-refractivity contribution in [2.24, 2.45) is 0 Å². The highest BCUT2D eigenvalue weighted by Gasteiger charge is 2.27. The number of hydrogen-bond donors (Lipinski definition) is 3. The van der Waals surface area contributed by atoms with Gasteiger partial charge in [0.15, 0.2) is 0 Å². The number of morpholine rings is 1. The molecule has 214 valence electrons. The fraction of sp³-hybridized carbons (Fsp3) is 0.276. The van der Waals surface area contributed by atoms with Crippen LogP contribution in [-0.2, 0) is 4.74 Å². The monoisotopic (exact) mass is 566 g/mol. The average molecular weight is 567 g/mol. The summed E-state index contributed by atoms with van der Waals surface area (Å²) in [6.45, 7) is 3.15. The van der Waals surface area contributed by atoms with E-state index in [9.17, 15) is 22.8 Å². The van der Waals surface area contributed by atoms with Gasteiger partial charge in [-0.05, 0) is 53.6 Å². The molecule has 4 aromatic rings. The third-order valence-corrected chi connectivity index (χ3v) is 6.68. The molecule has 9 nitrogen and oxygen atoms in total. The molecule has 1 aromatic heterocycles. The van der Waals surface area contributed by atoms with Crippen molar-refractivity contribution >= 4 is 28.7 Å². The lowest BCUT2D eigenvalue weighted by atomic mass is 10.0. The standard InChI is InChI=1S/C29H29F3N6O3/c30-29(31,32)18-34-28(40)36-23-2-1-3-24(17-23)38-19-35-25-16-22(8-9-26(25)38)20-4-6-21(7-5-20)27(39)33-10-11-37-12-14-41-15-13-37/h1-9,16-17,19H,10-15,18H2,(H,33,39)(H2,34,36,40). The summed E-state index contributed by atoms with van der Waals surface area (Å²) in [4.78, 5) is 31.2. The first kappa shape index (κ1) is 28.1. The van der Waals surface area contributed by atoms with Crippen LogP contribution in [0, 0.1) is 0 Å². The van der Waals surface area contributed by atoms with Crippen molar-refractivity contribution in [2.75, 3.05) is 51.3 Å². The fourth-order valence-corrected chi connectivity index (χ4v) is 4.56. The van der Waals surface area contributed by atoms with Gasteiger partial charge in [0.1, 0.15) is 12.9 Å². The van der Waals surface area contributed by atoms with Crippen molar-refractivity contribution in [3.8, 4) is 16.8 Å². The number of amides is 3. The van der Waals surface area contributed by atoms with Gasteiger partial charge >= 0.3 is 12.2 Å². The molecule has 1 fully saturated rings. The van der Waals surface area contributed by atoms with Gasteiger partial charge in [-0.25, -0.2) is 9.78 Å². The van der Waals surface area contributed by atoms with Crippen molar-refractivity contribution in [1.82, 2.24) is 25.1 Å². The van der Waals surface area contributed by atoms with E-state index in [1.165, 1.54) is 0 Å². The number of fused-ring (bicyclic) bond motifs is 1. The molecule has 0 bridgehead atoms. The van der Waals surface area contributed by atoms with Crippen LogP contribution in [-0.4, -0.2) is 78.5 Å². The number of nitrogens with one attached hydrogen (secondary N) is 3. The molecule has 3 aromatic carbocycles. The Hall–Kier alpha value is -4.42. The Labute approximate surface area is 234 Å². The lowest BCUT2D eigenvalue weighted by molar-refractivity contribution is -0.122. The minimum atomic E-state index is -4.49. The molecule has 0 spiro atoms. The number of benzene rings is 3. The van der Waals surface area contributed by atoms with Gasteiger partial charge in [0.05, 0.1) is 24.2 Å². The van der Waals surface area contributed by atoms with E-state index in [-0.39, 0.29) is 5.91 Å². The van der Waals surface area contributed by atoms with Gasteiger partial charge in [-0.15, -0.1) is 0 Å². The number of aromatic nitrogens is 2. The van der Waals surface area contributed by atoms with E-state index in [1.807, 2.05) is 34.9 Å². The summed E-state index contributed by atoms with van der Waals surface area (Å²) in [5, 5.41) is 7.17.